The fourth-order valence-corrected chi connectivity index (χ4v) is 3.42. The van der Waals surface area contributed by atoms with Gasteiger partial charge in [-0.1, -0.05) is 30.3 Å². The van der Waals surface area contributed by atoms with Crippen LogP contribution in [-0.4, -0.2) is 37.2 Å². The van der Waals surface area contributed by atoms with Crippen LogP contribution in [0.15, 0.2) is 58.5 Å². The zero-order valence-electron chi connectivity index (χ0n) is 15.9. The average molecular weight is 464 g/mol. The molecule has 0 radical (unpaired) electrons. The highest BCUT2D eigenvalue weighted by molar-refractivity contribution is 6.25. The summed E-state index contributed by atoms with van der Waals surface area (Å²) in [6.07, 6.45) is -6.97. The van der Waals surface area contributed by atoms with E-state index in [4.69, 9.17) is 11.5 Å². The summed E-state index contributed by atoms with van der Waals surface area (Å²) in [5.41, 5.74) is 5.49. The third-order valence-electron chi connectivity index (χ3n) is 4.56. The minimum atomic E-state index is -5.35. The van der Waals surface area contributed by atoms with Crippen LogP contribution in [-0.2, 0) is 5.41 Å². The molecule has 3 rings (SSSR count). The van der Waals surface area contributed by atoms with Crippen molar-refractivity contribution in [3.8, 4) is 11.5 Å². The third-order valence-corrected chi connectivity index (χ3v) is 4.56. The maximum atomic E-state index is 14.8. The Kier molecular flexibility index (Phi) is 6.30. The van der Waals surface area contributed by atoms with Gasteiger partial charge in [0.1, 0.15) is 17.3 Å². The van der Waals surface area contributed by atoms with Crippen molar-refractivity contribution in [2.24, 2.45) is 21.5 Å². The Hall–Kier alpha value is -3.35. The molecule has 0 fully saturated rings. The largest absolute Gasteiger partial charge is 0.434 e. The summed E-state index contributed by atoms with van der Waals surface area (Å²) < 4.78 is 105. The highest BCUT2D eigenvalue weighted by atomic mass is 19.4. The number of hydrogen-bond acceptors (Lipinski definition) is 6. The van der Waals surface area contributed by atoms with Gasteiger partial charge < -0.3 is 15.2 Å². The van der Waals surface area contributed by atoms with Crippen molar-refractivity contribution in [1.29, 1.82) is 0 Å². The van der Waals surface area contributed by atoms with Gasteiger partial charge in [-0.05, 0) is 18.2 Å². The molecule has 0 bridgehead atoms. The van der Waals surface area contributed by atoms with Gasteiger partial charge in [-0.25, -0.2) is 9.98 Å². The Morgan fingerprint density at radius 2 is 1.38 bits per heavy atom. The lowest BCUT2D eigenvalue weighted by atomic mass is 9.70. The summed E-state index contributed by atoms with van der Waals surface area (Å²) in [4.78, 5) is 7.22. The monoisotopic (exact) mass is 464 g/mol. The molecule has 2 aromatic carbocycles. The first-order valence-corrected chi connectivity index (χ1v) is 8.81. The average Bonchev–Trinajstić information content (AvgIpc) is 2.67. The molecule has 1 heterocycles. The summed E-state index contributed by atoms with van der Waals surface area (Å²) in [6.45, 7) is -6.85. The summed E-state index contributed by atoms with van der Waals surface area (Å²) >= 11 is 0. The lowest BCUT2D eigenvalue weighted by molar-refractivity contribution is -0.152. The van der Waals surface area contributed by atoms with Gasteiger partial charge in [0.2, 0.25) is 0 Å². The molecule has 32 heavy (non-hydrogen) atoms. The normalized spacial score (nSPS) is 21.4. The van der Waals surface area contributed by atoms with Gasteiger partial charge >= 0.3 is 19.4 Å². The van der Waals surface area contributed by atoms with Crippen LogP contribution in [0.25, 0.3) is 0 Å². The zero-order valence-corrected chi connectivity index (χ0v) is 15.9. The van der Waals surface area contributed by atoms with E-state index in [0.29, 0.717) is 0 Å². The quantitative estimate of drug-likeness (QED) is 0.636. The second-order valence-corrected chi connectivity index (χ2v) is 6.40. The molecule has 0 saturated heterocycles. The molecule has 0 aromatic heterocycles. The molecule has 4 N–H and O–H groups in total. The van der Waals surface area contributed by atoms with Crippen LogP contribution >= 0.6 is 0 Å². The van der Waals surface area contributed by atoms with E-state index in [1.165, 1.54) is 12.1 Å². The van der Waals surface area contributed by atoms with Crippen LogP contribution in [0.5, 0.6) is 11.5 Å². The zero-order chi connectivity index (χ0) is 23.7. The molecule has 2 aromatic rings. The van der Waals surface area contributed by atoms with E-state index in [1.807, 2.05) is 0 Å². The van der Waals surface area contributed by atoms with E-state index in [0.717, 1.165) is 36.4 Å². The van der Waals surface area contributed by atoms with E-state index < -0.39 is 65.3 Å². The van der Waals surface area contributed by atoms with Gasteiger partial charge in [0.15, 0.2) is 11.7 Å². The fourth-order valence-electron chi connectivity index (χ4n) is 3.42. The topological polar surface area (TPSA) is 95.2 Å². The Bertz CT molecular complexity index is 1040. The Morgan fingerprint density at radius 3 is 1.97 bits per heavy atom. The Labute approximate surface area is 176 Å². The summed E-state index contributed by atoms with van der Waals surface area (Å²) in [6, 6.07) is 8.50. The van der Waals surface area contributed by atoms with Crippen molar-refractivity contribution < 1.29 is 40.2 Å². The number of nitrogens with zero attached hydrogens (tertiary/aromatic N) is 2. The molecule has 172 valence electrons. The lowest BCUT2D eigenvalue weighted by Crippen LogP contribution is -2.61. The molecular formula is C19H15F7N4O2. The van der Waals surface area contributed by atoms with Crippen LogP contribution < -0.4 is 20.9 Å². The molecule has 0 saturated carbocycles. The second kappa shape index (κ2) is 8.65. The Balaban J connectivity index is 2.40. The molecule has 0 spiro atoms. The number of hydrogen-bond donors (Lipinski definition) is 2. The lowest BCUT2D eigenvalue weighted by Gasteiger charge is -2.40. The van der Waals surface area contributed by atoms with Crippen molar-refractivity contribution in [2.75, 3.05) is 0 Å². The van der Waals surface area contributed by atoms with Crippen LogP contribution in [0.2, 0.25) is 0 Å². The number of nitrogens with two attached hydrogens (primary N) is 2. The van der Waals surface area contributed by atoms with Gasteiger partial charge in [-0.3, -0.25) is 5.73 Å². The summed E-state index contributed by atoms with van der Waals surface area (Å²) in [7, 11) is 0. The molecule has 1 aliphatic heterocycles. The summed E-state index contributed by atoms with van der Waals surface area (Å²) in [5.74, 6) is -2.67. The van der Waals surface area contributed by atoms with Crippen molar-refractivity contribution in [3.05, 3.63) is 59.7 Å². The van der Waals surface area contributed by atoms with Gasteiger partial charge in [0, 0.05) is 11.1 Å². The van der Waals surface area contributed by atoms with Gasteiger partial charge in [-0.15, -0.1) is 0 Å². The number of ether oxygens (including phenoxy) is 2. The molecule has 2 unspecified atom stereocenters. The van der Waals surface area contributed by atoms with E-state index in [-0.39, 0.29) is 0 Å². The van der Waals surface area contributed by atoms with E-state index in [9.17, 15) is 30.7 Å². The van der Waals surface area contributed by atoms with Crippen LogP contribution in [0, 0.1) is 0 Å². The van der Waals surface area contributed by atoms with Gasteiger partial charge in [-0.2, -0.15) is 30.7 Å². The number of benzene rings is 2. The number of halogens is 7. The van der Waals surface area contributed by atoms with Crippen LogP contribution in [0.1, 0.15) is 11.1 Å². The van der Waals surface area contributed by atoms with Crippen molar-refractivity contribution in [2.45, 2.75) is 31.1 Å². The fraction of sp³-hybridized carbons (Fsp3) is 0.263. The maximum Gasteiger partial charge on any atom is 0.411 e. The number of aliphatic imine (C=N–C) groups is 2. The van der Waals surface area contributed by atoms with E-state index >= 15 is 0 Å². The minimum absolute atomic E-state index is 0.537. The maximum absolute atomic E-state index is 14.8. The molecule has 0 aliphatic carbocycles. The first kappa shape index (κ1) is 23.3. The SMILES string of the molecule is NC1=NC(N)N=C(c2ccccc2OC(F)F)C1(c1ccccc1OC(F)F)C(F)(F)F. The van der Waals surface area contributed by atoms with Crippen LogP contribution in [0.4, 0.5) is 30.7 Å². The molecule has 0 amide bonds. The molecule has 13 heteroatoms. The van der Waals surface area contributed by atoms with Crippen molar-refractivity contribution in [1.82, 2.24) is 0 Å². The van der Waals surface area contributed by atoms with Gasteiger partial charge in [0.05, 0.1) is 5.71 Å². The number of alkyl halides is 7. The summed E-state index contributed by atoms with van der Waals surface area (Å²) in [5, 5.41) is 0. The highest BCUT2D eigenvalue weighted by Gasteiger charge is 2.65. The standard InChI is InChI=1S/C19H15F7N4O2/c20-15(21)31-11-7-3-1-5-9(11)13-18(19(24,25)26,14(27)30-17(28)29-13)10-6-2-4-8-12(10)32-16(22)23/h1-8,15-17H,28H2,(H2,27,30). The van der Waals surface area contributed by atoms with E-state index in [1.54, 1.807) is 0 Å². The molecule has 2 atom stereocenters. The van der Waals surface area contributed by atoms with Crippen LogP contribution in [0.3, 0.4) is 0 Å². The number of para-hydroxylation sites is 2. The first-order valence-electron chi connectivity index (χ1n) is 8.81. The van der Waals surface area contributed by atoms with E-state index in [2.05, 4.69) is 19.5 Å². The number of amidine groups is 1. The van der Waals surface area contributed by atoms with Crippen molar-refractivity contribution in [3.63, 3.8) is 0 Å². The molecular weight excluding hydrogens is 449 g/mol. The third kappa shape index (κ3) is 4.07. The number of rotatable bonds is 6. The highest BCUT2D eigenvalue weighted by Crippen LogP contribution is 2.50. The van der Waals surface area contributed by atoms with Gasteiger partial charge in [0.25, 0.3) is 0 Å². The predicted octanol–water partition coefficient (Wildman–Crippen LogP) is 3.79. The molecule has 1 aliphatic rings. The minimum Gasteiger partial charge on any atom is -0.434 e. The predicted molar refractivity (Wildman–Crippen MR) is 100 cm³/mol. The second-order valence-electron chi connectivity index (χ2n) is 6.40. The van der Waals surface area contributed by atoms with Crippen molar-refractivity contribution >= 4 is 11.5 Å². The smallest absolute Gasteiger partial charge is 0.411 e. The Morgan fingerprint density at radius 1 is 0.844 bits per heavy atom. The molecule has 6 nitrogen and oxygen atoms in total. The first-order chi connectivity index (χ1) is 15.0.